The van der Waals surface area contributed by atoms with E-state index < -0.39 is 0 Å². The van der Waals surface area contributed by atoms with E-state index >= 15 is 0 Å². The molecule has 2 rings (SSSR count). The molecule has 96 valence electrons. The number of pyridine rings is 1. The zero-order valence-corrected chi connectivity index (χ0v) is 12.9. The summed E-state index contributed by atoms with van der Waals surface area (Å²) in [6.07, 6.45) is 6.51. The molecule has 2 heterocycles. The van der Waals surface area contributed by atoms with Gasteiger partial charge in [-0.1, -0.05) is 18.5 Å². The molecule has 0 saturated heterocycles. The molecule has 18 heavy (non-hydrogen) atoms. The highest BCUT2D eigenvalue weighted by Crippen LogP contribution is 2.17. The third kappa shape index (κ3) is 3.43. The van der Waals surface area contributed by atoms with Crippen molar-refractivity contribution in [3.8, 4) is 5.82 Å². The van der Waals surface area contributed by atoms with Gasteiger partial charge in [0.1, 0.15) is 0 Å². The van der Waals surface area contributed by atoms with Gasteiger partial charge in [0.15, 0.2) is 5.82 Å². The molecule has 1 N–H and O–H groups in total. The van der Waals surface area contributed by atoms with Crippen molar-refractivity contribution in [3.63, 3.8) is 0 Å². The molecule has 0 amide bonds. The summed E-state index contributed by atoms with van der Waals surface area (Å²) in [6.45, 7) is 3.87. The summed E-state index contributed by atoms with van der Waals surface area (Å²) in [5, 5.41) is 8.25. The van der Waals surface area contributed by atoms with Crippen molar-refractivity contribution in [2.45, 2.75) is 19.9 Å². The molecule has 2 aromatic rings. The number of aromatic nitrogens is 3. The Morgan fingerprint density at radius 2 is 2.28 bits per heavy atom. The minimum Gasteiger partial charge on any atom is -0.313 e. The second-order valence-electron chi connectivity index (χ2n) is 3.91. The normalized spacial score (nSPS) is 10.8. The maximum atomic E-state index is 6.13. The summed E-state index contributed by atoms with van der Waals surface area (Å²) < 4.78 is 2.83. The standard InChI is InChI=1S/C12H14ClIN4/c1-2-3-15-5-9-4-12(16-7-11(9)13)18-8-10(14)6-17-18/h4,6-8,15H,2-3,5H2,1H3. The number of halogens is 2. The Balaban J connectivity index is 2.20. The first-order chi connectivity index (χ1) is 8.70. The monoisotopic (exact) mass is 376 g/mol. The molecular formula is C12H14ClIN4. The van der Waals surface area contributed by atoms with Crippen molar-refractivity contribution in [1.29, 1.82) is 0 Å². The van der Waals surface area contributed by atoms with Crippen molar-refractivity contribution in [1.82, 2.24) is 20.1 Å². The fourth-order valence-corrected chi connectivity index (χ4v) is 2.11. The van der Waals surface area contributed by atoms with Gasteiger partial charge in [0.2, 0.25) is 0 Å². The van der Waals surface area contributed by atoms with Crippen LogP contribution in [0.2, 0.25) is 5.02 Å². The first-order valence-electron chi connectivity index (χ1n) is 5.76. The molecule has 0 aliphatic rings. The lowest BCUT2D eigenvalue weighted by Gasteiger charge is -2.07. The maximum absolute atomic E-state index is 6.13. The fraction of sp³-hybridized carbons (Fsp3) is 0.333. The third-order valence-electron chi connectivity index (χ3n) is 2.45. The van der Waals surface area contributed by atoms with Gasteiger partial charge < -0.3 is 5.32 Å². The van der Waals surface area contributed by atoms with E-state index in [1.807, 2.05) is 12.3 Å². The SMILES string of the molecule is CCCNCc1cc(-n2cc(I)cn2)ncc1Cl. The van der Waals surface area contributed by atoms with Crippen LogP contribution >= 0.6 is 34.2 Å². The Bertz CT molecular complexity index is 527. The molecule has 0 atom stereocenters. The molecule has 0 aliphatic heterocycles. The van der Waals surface area contributed by atoms with Crippen LogP contribution in [0.5, 0.6) is 0 Å². The molecule has 0 spiro atoms. The summed E-state index contributed by atoms with van der Waals surface area (Å²) in [6, 6.07) is 1.97. The van der Waals surface area contributed by atoms with Crippen molar-refractivity contribution in [3.05, 3.63) is 38.8 Å². The first-order valence-corrected chi connectivity index (χ1v) is 7.22. The molecule has 0 aromatic carbocycles. The van der Waals surface area contributed by atoms with E-state index in [2.05, 4.69) is 44.9 Å². The zero-order valence-electron chi connectivity index (χ0n) is 10.0. The van der Waals surface area contributed by atoms with Gasteiger partial charge in [-0.15, -0.1) is 0 Å². The minimum absolute atomic E-state index is 0.684. The van der Waals surface area contributed by atoms with Gasteiger partial charge in [0, 0.05) is 18.9 Å². The maximum Gasteiger partial charge on any atom is 0.153 e. The zero-order chi connectivity index (χ0) is 13.0. The second-order valence-corrected chi connectivity index (χ2v) is 5.57. The van der Waals surface area contributed by atoms with Crippen molar-refractivity contribution >= 4 is 34.2 Å². The quantitative estimate of drug-likeness (QED) is 0.644. The van der Waals surface area contributed by atoms with Gasteiger partial charge in [0.25, 0.3) is 0 Å². The van der Waals surface area contributed by atoms with Crippen LogP contribution in [-0.4, -0.2) is 21.3 Å². The summed E-state index contributed by atoms with van der Waals surface area (Å²) in [7, 11) is 0. The Kier molecular flexibility index (Phi) is 4.96. The Morgan fingerprint density at radius 3 is 2.94 bits per heavy atom. The van der Waals surface area contributed by atoms with Crippen molar-refractivity contribution < 1.29 is 0 Å². The number of hydrogen-bond acceptors (Lipinski definition) is 3. The smallest absolute Gasteiger partial charge is 0.153 e. The van der Waals surface area contributed by atoms with Gasteiger partial charge in [0.05, 0.1) is 14.8 Å². The second kappa shape index (κ2) is 6.49. The molecule has 0 fully saturated rings. The predicted octanol–water partition coefficient (Wildman–Crippen LogP) is 3.02. The molecule has 0 saturated carbocycles. The number of nitrogens with one attached hydrogen (secondary N) is 1. The van der Waals surface area contributed by atoms with Crippen molar-refractivity contribution in [2.24, 2.45) is 0 Å². The highest BCUT2D eigenvalue weighted by Gasteiger charge is 2.05. The number of nitrogens with zero attached hydrogens (tertiary/aromatic N) is 3. The van der Waals surface area contributed by atoms with Crippen LogP contribution < -0.4 is 5.32 Å². The van der Waals surface area contributed by atoms with Gasteiger partial charge in [-0.2, -0.15) is 5.10 Å². The van der Waals surface area contributed by atoms with Crippen LogP contribution in [0.15, 0.2) is 24.7 Å². The number of rotatable bonds is 5. The van der Waals surface area contributed by atoms with Crippen molar-refractivity contribution in [2.75, 3.05) is 6.54 Å². The van der Waals surface area contributed by atoms with E-state index in [1.54, 1.807) is 17.1 Å². The molecule has 6 heteroatoms. The van der Waals surface area contributed by atoms with Gasteiger partial charge in [-0.3, -0.25) is 0 Å². The Morgan fingerprint density at radius 1 is 1.44 bits per heavy atom. The lowest BCUT2D eigenvalue weighted by Crippen LogP contribution is -2.14. The molecule has 0 aliphatic carbocycles. The van der Waals surface area contributed by atoms with Gasteiger partial charge >= 0.3 is 0 Å². The summed E-state index contributed by atoms with van der Waals surface area (Å²) in [5.74, 6) is 0.788. The van der Waals surface area contributed by atoms with Crippen LogP contribution in [0.3, 0.4) is 0 Å². The molecular weight excluding hydrogens is 363 g/mol. The van der Waals surface area contributed by atoms with Crippen LogP contribution in [0.1, 0.15) is 18.9 Å². The van der Waals surface area contributed by atoms with Crippen LogP contribution in [-0.2, 0) is 6.54 Å². The predicted molar refractivity (Wildman–Crippen MR) is 81.1 cm³/mol. The Labute approximate surface area is 125 Å². The fourth-order valence-electron chi connectivity index (χ4n) is 1.55. The van der Waals surface area contributed by atoms with E-state index in [0.717, 1.165) is 34.5 Å². The molecule has 4 nitrogen and oxygen atoms in total. The van der Waals surface area contributed by atoms with Crippen LogP contribution in [0.25, 0.3) is 5.82 Å². The molecule has 0 radical (unpaired) electrons. The average molecular weight is 377 g/mol. The lowest BCUT2D eigenvalue weighted by molar-refractivity contribution is 0.674. The highest BCUT2D eigenvalue weighted by molar-refractivity contribution is 14.1. The van der Waals surface area contributed by atoms with Crippen LogP contribution in [0, 0.1) is 3.57 Å². The minimum atomic E-state index is 0.684. The lowest BCUT2D eigenvalue weighted by atomic mass is 10.2. The molecule has 0 bridgehead atoms. The number of hydrogen-bond donors (Lipinski definition) is 1. The largest absolute Gasteiger partial charge is 0.313 e. The molecule has 2 aromatic heterocycles. The van der Waals surface area contributed by atoms with Gasteiger partial charge in [-0.05, 0) is 47.2 Å². The van der Waals surface area contributed by atoms with Crippen LogP contribution in [0.4, 0.5) is 0 Å². The third-order valence-corrected chi connectivity index (χ3v) is 3.35. The Hall–Kier alpha value is -0.660. The molecule has 0 unspecified atom stereocenters. The van der Waals surface area contributed by atoms with Gasteiger partial charge in [-0.25, -0.2) is 9.67 Å². The first kappa shape index (κ1) is 13.8. The van der Waals surface area contributed by atoms with E-state index in [0.29, 0.717) is 5.02 Å². The summed E-state index contributed by atoms with van der Waals surface area (Å²) in [4.78, 5) is 4.29. The summed E-state index contributed by atoms with van der Waals surface area (Å²) >= 11 is 8.36. The highest BCUT2D eigenvalue weighted by atomic mass is 127. The van der Waals surface area contributed by atoms with E-state index in [-0.39, 0.29) is 0 Å². The van der Waals surface area contributed by atoms with E-state index in [4.69, 9.17) is 11.6 Å². The van der Waals surface area contributed by atoms with E-state index in [9.17, 15) is 0 Å². The average Bonchev–Trinajstić information content (AvgIpc) is 2.78. The summed E-state index contributed by atoms with van der Waals surface area (Å²) in [5.41, 5.74) is 1.04. The van der Waals surface area contributed by atoms with E-state index in [1.165, 1.54) is 0 Å². The topological polar surface area (TPSA) is 42.7 Å².